The topological polar surface area (TPSA) is 40.5 Å². The van der Waals surface area contributed by atoms with Gasteiger partial charge in [0.1, 0.15) is 0 Å². The van der Waals surface area contributed by atoms with Crippen LogP contribution in [0.2, 0.25) is 0 Å². The third-order valence-electron chi connectivity index (χ3n) is 3.87. The fraction of sp³-hybridized carbons (Fsp3) is 0.789. The summed E-state index contributed by atoms with van der Waals surface area (Å²) >= 11 is 0. The third kappa shape index (κ3) is 14.1. The minimum Gasteiger partial charge on any atom is -0.390 e. The molecular weight excluding hydrogens is 260 g/mol. The lowest BCUT2D eigenvalue weighted by Gasteiger charge is -2.15. The van der Waals surface area contributed by atoms with Gasteiger partial charge >= 0.3 is 0 Å². The fourth-order valence-electron chi connectivity index (χ4n) is 2.39. The fourth-order valence-corrected chi connectivity index (χ4v) is 2.39. The van der Waals surface area contributed by atoms with E-state index in [-0.39, 0.29) is 0 Å². The second kappa shape index (κ2) is 15.8. The van der Waals surface area contributed by atoms with Crippen molar-refractivity contribution < 1.29 is 10.2 Å². The highest BCUT2D eigenvalue weighted by atomic mass is 16.3. The average Bonchev–Trinajstić information content (AvgIpc) is 2.49. The van der Waals surface area contributed by atoms with Gasteiger partial charge in [0, 0.05) is 0 Å². The lowest BCUT2D eigenvalue weighted by Crippen LogP contribution is -2.25. The number of allylic oxidation sites excluding steroid dienone is 2. The zero-order valence-electron chi connectivity index (χ0n) is 14.0. The van der Waals surface area contributed by atoms with Gasteiger partial charge in [-0.2, -0.15) is 0 Å². The Kier molecular flexibility index (Phi) is 15.3. The van der Waals surface area contributed by atoms with Crippen LogP contribution in [0.5, 0.6) is 0 Å². The van der Waals surface area contributed by atoms with Crippen LogP contribution in [0.25, 0.3) is 0 Å². The van der Waals surface area contributed by atoms with E-state index in [1.165, 1.54) is 32.1 Å². The summed E-state index contributed by atoms with van der Waals surface area (Å²) in [6.45, 7) is 5.87. The van der Waals surface area contributed by atoms with E-state index in [0.717, 1.165) is 32.1 Å². The molecule has 0 amide bonds. The van der Waals surface area contributed by atoms with Crippen molar-refractivity contribution in [2.45, 2.75) is 96.2 Å². The van der Waals surface area contributed by atoms with Crippen molar-refractivity contribution in [3.8, 4) is 0 Å². The summed E-state index contributed by atoms with van der Waals surface area (Å²) in [5.74, 6) is 0. The lowest BCUT2D eigenvalue weighted by atomic mass is 10.0. The molecule has 0 aliphatic rings. The standard InChI is InChI=1S/C19H36O2/c1-3-5-7-8-9-10-11-12-13-15-17-19(21)18(20)16-14-6-4-2/h3,13,15,18-21H,1,4-12,14,16-17H2,2H3. The largest absolute Gasteiger partial charge is 0.390 e. The molecule has 2 N–H and O–H groups in total. The minimum absolute atomic E-state index is 0.564. The van der Waals surface area contributed by atoms with Gasteiger partial charge in [-0.1, -0.05) is 63.7 Å². The van der Waals surface area contributed by atoms with Gasteiger partial charge < -0.3 is 10.2 Å². The Hall–Kier alpha value is -0.600. The van der Waals surface area contributed by atoms with Crippen LogP contribution in [0, 0.1) is 0 Å². The smallest absolute Gasteiger partial charge is 0.0833 e. The van der Waals surface area contributed by atoms with Crippen LogP contribution in [-0.2, 0) is 0 Å². The highest BCUT2D eigenvalue weighted by Crippen LogP contribution is 2.11. The second-order valence-electron chi connectivity index (χ2n) is 5.97. The molecule has 0 radical (unpaired) electrons. The molecule has 0 saturated heterocycles. The van der Waals surface area contributed by atoms with E-state index in [9.17, 15) is 10.2 Å². The normalized spacial score (nSPS) is 14.4. The van der Waals surface area contributed by atoms with Crippen molar-refractivity contribution in [3.05, 3.63) is 24.8 Å². The third-order valence-corrected chi connectivity index (χ3v) is 3.87. The highest BCUT2D eigenvalue weighted by molar-refractivity contribution is 4.86. The number of hydrogen-bond acceptors (Lipinski definition) is 2. The Labute approximate surface area is 132 Å². The summed E-state index contributed by atoms with van der Waals surface area (Å²) in [4.78, 5) is 0. The number of hydrogen-bond donors (Lipinski definition) is 2. The number of aliphatic hydroxyl groups excluding tert-OH is 2. The first-order valence-corrected chi connectivity index (χ1v) is 8.84. The molecule has 0 fully saturated rings. The van der Waals surface area contributed by atoms with Crippen LogP contribution in [-0.4, -0.2) is 22.4 Å². The Balaban J connectivity index is 3.42. The number of unbranched alkanes of at least 4 members (excludes halogenated alkanes) is 8. The maximum atomic E-state index is 9.83. The van der Waals surface area contributed by atoms with Gasteiger partial charge in [-0.3, -0.25) is 0 Å². The lowest BCUT2D eigenvalue weighted by molar-refractivity contribution is 0.0153. The first-order chi connectivity index (χ1) is 10.2. The number of aliphatic hydroxyl groups is 2. The molecule has 0 aromatic heterocycles. The van der Waals surface area contributed by atoms with Crippen molar-refractivity contribution in [1.29, 1.82) is 0 Å². The van der Waals surface area contributed by atoms with Crippen LogP contribution in [0.4, 0.5) is 0 Å². The van der Waals surface area contributed by atoms with E-state index in [0.29, 0.717) is 12.8 Å². The molecule has 0 aliphatic heterocycles. The maximum absolute atomic E-state index is 9.83. The molecule has 2 nitrogen and oxygen atoms in total. The van der Waals surface area contributed by atoms with Gasteiger partial charge in [0.2, 0.25) is 0 Å². The van der Waals surface area contributed by atoms with E-state index >= 15 is 0 Å². The van der Waals surface area contributed by atoms with Crippen molar-refractivity contribution in [2.75, 3.05) is 0 Å². The molecule has 0 saturated carbocycles. The van der Waals surface area contributed by atoms with Crippen molar-refractivity contribution in [3.63, 3.8) is 0 Å². The second-order valence-corrected chi connectivity index (χ2v) is 5.97. The Bertz CT molecular complexity index is 248. The zero-order valence-corrected chi connectivity index (χ0v) is 14.0. The highest BCUT2D eigenvalue weighted by Gasteiger charge is 2.13. The van der Waals surface area contributed by atoms with Crippen molar-refractivity contribution in [1.82, 2.24) is 0 Å². The number of rotatable bonds is 15. The zero-order chi connectivity index (χ0) is 15.8. The van der Waals surface area contributed by atoms with E-state index in [1.807, 2.05) is 12.2 Å². The first-order valence-electron chi connectivity index (χ1n) is 8.84. The average molecular weight is 296 g/mol. The SMILES string of the molecule is C=CCCCCCCCC=CCC(O)C(O)CCCCC. The molecule has 2 atom stereocenters. The summed E-state index contributed by atoms with van der Waals surface area (Å²) in [5.41, 5.74) is 0. The Morgan fingerprint density at radius 3 is 2.14 bits per heavy atom. The van der Waals surface area contributed by atoms with E-state index < -0.39 is 12.2 Å². The van der Waals surface area contributed by atoms with Crippen LogP contribution in [0.3, 0.4) is 0 Å². The molecule has 0 aromatic carbocycles. The quantitative estimate of drug-likeness (QED) is 0.324. The van der Waals surface area contributed by atoms with Gasteiger partial charge in [-0.25, -0.2) is 0 Å². The Morgan fingerprint density at radius 2 is 1.48 bits per heavy atom. The summed E-state index contributed by atoms with van der Waals surface area (Å²) in [5, 5.41) is 19.6. The summed E-state index contributed by atoms with van der Waals surface area (Å²) < 4.78 is 0. The molecule has 0 aliphatic carbocycles. The van der Waals surface area contributed by atoms with E-state index in [4.69, 9.17) is 0 Å². The molecule has 0 heterocycles. The molecule has 2 heteroatoms. The summed E-state index contributed by atoms with van der Waals surface area (Å²) in [6.07, 6.45) is 18.2. The molecule has 0 spiro atoms. The van der Waals surface area contributed by atoms with E-state index in [1.54, 1.807) is 0 Å². The predicted molar refractivity (Wildman–Crippen MR) is 92.4 cm³/mol. The van der Waals surface area contributed by atoms with Crippen molar-refractivity contribution >= 4 is 0 Å². The molecule has 0 bridgehead atoms. The molecule has 0 rings (SSSR count). The summed E-state index contributed by atoms with van der Waals surface area (Å²) in [6, 6.07) is 0. The van der Waals surface area contributed by atoms with Gasteiger partial charge in [-0.15, -0.1) is 6.58 Å². The van der Waals surface area contributed by atoms with Gasteiger partial charge in [-0.05, 0) is 38.5 Å². The van der Waals surface area contributed by atoms with Crippen molar-refractivity contribution in [2.24, 2.45) is 0 Å². The summed E-state index contributed by atoms with van der Waals surface area (Å²) in [7, 11) is 0. The van der Waals surface area contributed by atoms with Crippen LogP contribution >= 0.6 is 0 Å². The van der Waals surface area contributed by atoms with Gasteiger partial charge in [0.25, 0.3) is 0 Å². The molecule has 2 unspecified atom stereocenters. The van der Waals surface area contributed by atoms with Gasteiger partial charge in [0.05, 0.1) is 12.2 Å². The van der Waals surface area contributed by atoms with Crippen LogP contribution in [0.15, 0.2) is 24.8 Å². The Morgan fingerprint density at radius 1 is 0.810 bits per heavy atom. The molecule has 21 heavy (non-hydrogen) atoms. The van der Waals surface area contributed by atoms with Crippen LogP contribution in [0.1, 0.15) is 84.0 Å². The molecule has 124 valence electrons. The molecular formula is C19H36O2. The van der Waals surface area contributed by atoms with Crippen LogP contribution < -0.4 is 0 Å². The van der Waals surface area contributed by atoms with Gasteiger partial charge in [0.15, 0.2) is 0 Å². The van der Waals surface area contributed by atoms with E-state index in [2.05, 4.69) is 19.6 Å². The minimum atomic E-state index is -0.600. The predicted octanol–water partition coefficient (Wildman–Crippen LogP) is 5.15. The molecule has 0 aromatic rings. The maximum Gasteiger partial charge on any atom is 0.0833 e. The first kappa shape index (κ1) is 20.4. The monoisotopic (exact) mass is 296 g/mol.